The van der Waals surface area contributed by atoms with Crippen LogP contribution >= 0.6 is 11.6 Å². The van der Waals surface area contributed by atoms with Crippen LogP contribution in [0.4, 0.5) is 0 Å². The minimum Gasteiger partial charge on any atom is -0.493 e. The Bertz CT molecular complexity index is 1120. The zero-order valence-corrected chi connectivity index (χ0v) is 19.7. The van der Waals surface area contributed by atoms with Gasteiger partial charge in [-0.1, -0.05) is 29.8 Å². The Kier molecular flexibility index (Phi) is 8.30. The normalized spacial score (nSPS) is 11.8. The van der Waals surface area contributed by atoms with Crippen LogP contribution in [0, 0.1) is 6.92 Å². The third kappa shape index (κ3) is 6.11. The molecule has 1 aromatic heterocycles. The van der Waals surface area contributed by atoms with Crippen LogP contribution < -0.4 is 14.8 Å². The minimum atomic E-state index is -1.42. The van der Waals surface area contributed by atoms with Crippen LogP contribution in [-0.4, -0.2) is 41.6 Å². The van der Waals surface area contributed by atoms with Crippen molar-refractivity contribution in [2.75, 3.05) is 26.5 Å². The van der Waals surface area contributed by atoms with E-state index in [1.807, 2.05) is 30.3 Å². The van der Waals surface area contributed by atoms with E-state index in [1.54, 1.807) is 33.3 Å². The number of halogens is 1. The van der Waals surface area contributed by atoms with Gasteiger partial charge in [-0.2, -0.15) is 0 Å². The topological polar surface area (TPSA) is 90.7 Å². The smallest absolute Gasteiger partial charge is 0.232 e. The molecule has 0 radical (unpaired) electrons. The predicted molar refractivity (Wildman–Crippen MR) is 125 cm³/mol. The van der Waals surface area contributed by atoms with E-state index in [0.29, 0.717) is 52.4 Å². The first-order chi connectivity index (χ1) is 15.4. The van der Waals surface area contributed by atoms with E-state index in [4.69, 9.17) is 25.5 Å². The van der Waals surface area contributed by atoms with E-state index in [9.17, 15) is 9.00 Å². The average Bonchev–Trinajstić information content (AvgIpc) is 3.13. The number of nitrogens with one attached hydrogen (secondary N) is 1. The summed E-state index contributed by atoms with van der Waals surface area (Å²) in [5.74, 6) is 1.95. The molecule has 0 spiro atoms. The molecule has 1 amide bonds. The standard InChI is InChI=1S/C23H25ClN2O5S/c1-15-19(26-23(31-15)17-6-4-5-7-18(17)24)13-32(28)14-22(27)25-11-10-16-8-9-20(29-2)21(12-16)30-3/h4-9,12H,10-11,13-14H2,1-3H3,(H,25,27)/t32-/m1/s1. The van der Waals surface area contributed by atoms with E-state index < -0.39 is 10.8 Å². The molecule has 32 heavy (non-hydrogen) atoms. The average molecular weight is 477 g/mol. The summed E-state index contributed by atoms with van der Waals surface area (Å²) in [6, 6.07) is 12.8. The number of benzene rings is 2. The molecule has 0 aliphatic heterocycles. The Balaban J connectivity index is 1.50. The summed E-state index contributed by atoms with van der Waals surface area (Å²) in [5, 5.41) is 3.33. The molecular weight excluding hydrogens is 452 g/mol. The lowest BCUT2D eigenvalue weighted by atomic mass is 10.1. The van der Waals surface area contributed by atoms with E-state index in [2.05, 4.69) is 10.3 Å². The molecule has 0 unspecified atom stereocenters. The van der Waals surface area contributed by atoms with Crippen molar-refractivity contribution >= 4 is 28.3 Å². The molecule has 0 bridgehead atoms. The molecule has 0 aliphatic carbocycles. The number of hydrogen-bond acceptors (Lipinski definition) is 6. The molecule has 1 N–H and O–H groups in total. The fourth-order valence-corrected chi connectivity index (χ4v) is 4.38. The number of aromatic nitrogens is 1. The Morgan fingerprint density at radius 1 is 1.16 bits per heavy atom. The lowest BCUT2D eigenvalue weighted by Gasteiger charge is -2.10. The van der Waals surface area contributed by atoms with Gasteiger partial charge in [0.05, 0.1) is 36.3 Å². The summed E-state index contributed by atoms with van der Waals surface area (Å²) in [6.45, 7) is 2.17. The summed E-state index contributed by atoms with van der Waals surface area (Å²) < 4.78 is 28.7. The van der Waals surface area contributed by atoms with Gasteiger partial charge in [0.2, 0.25) is 11.8 Å². The fraction of sp³-hybridized carbons (Fsp3) is 0.304. The van der Waals surface area contributed by atoms with Crippen LogP contribution in [0.3, 0.4) is 0 Å². The number of aryl methyl sites for hydroxylation is 1. The highest BCUT2D eigenvalue weighted by Gasteiger charge is 2.17. The number of oxazole rings is 1. The first kappa shape index (κ1) is 23.8. The summed E-state index contributed by atoms with van der Waals surface area (Å²) in [5.41, 5.74) is 2.22. The maximum Gasteiger partial charge on any atom is 0.232 e. The second-order valence-corrected chi connectivity index (χ2v) is 8.88. The van der Waals surface area contributed by atoms with Crippen LogP contribution in [-0.2, 0) is 27.8 Å². The number of methoxy groups -OCH3 is 2. The molecule has 1 heterocycles. The zero-order valence-electron chi connectivity index (χ0n) is 18.1. The molecule has 3 aromatic rings. The Morgan fingerprint density at radius 3 is 2.62 bits per heavy atom. The van der Waals surface area contributed by atoms with Crippen LogP contribution in [0.15, 0.2) is 46.9 Å². The van der Waals surface area contributed by atoms with Crippen molar-refractivity contribution in [1.29, 1.82) is 0 Å². The molecule has 0 fully saturated rings. The van der Waals surface area contributed by atoms with E-state index in [1.165, 1.54) is 0 Å². The molecular formula is C23H25ClN2O5S. The first-order valence-electron chi connectivity index (χ1n) is 9.95. The van der Waals surface area contributed by atoms with Gasteiger partial charge in [-0.25, -0.2) is 4.98 Å². The maximum atomic E-state index is 12.5. The van der Waals surface area contributed by atoms with Crippen molar-refractivity contribution in [2.24, 2.45) is 0 Å². The van der Waals surface area contributed by atoms with Crippen molar-refractivity contribution < 1.29 is 22.9 Å². The largest absolute Gasteiger partial charge is 0.493 e. The van der Waals surface area contributed by atoms with E-state index in [-0.39, 0.29) is 17.4 Å². The third-order valence-corrected chi connectivity index (χ3v) is 6.28. The number of amides is 1. The fourth-order valence-electron chi connectivity index (χ4n) is 3.09. The quantitative estimate of drug-likeness (QED) is 0.476. The monoisotopic (exact) mass is 476 g/mol. The lowest BCUT2D eigenvalue weighted by Crippen LogP contribution is -2.30. The Labute approximate surface area is 194 Å². The third-order valence-electron chi connectivity index (χ3n) is 4.77. The van der Waals surface area contributed by atoms with Gasteiger partial charge in [-0.3, -0.25) is 9.00 Å². The molecule has 7 nitrogen and oxygen atoms in total. The highest BCUT2D eigenvalue weighted by atomic mass is 35.5. The molecule has 2 aromatic carbocycles. The van der Waals surface area contributed by atoms with Crippen LogP contribution in [0.5, 0.6) is 11.5 Å². The van der Waals surface area contributed by atoms with Gasteiger partial charge >= 0.3 is 0 Å². The summed E-state index contributed by atoms with van der Waals surface area (Å²) in [6.07, 6.45) is 0.613. The first-order valence-corrected chi connectivity index (χ1v) is 11.8. The lowest BCUT2D eigenvalue weighted by molar-refractivity contribution is -0.118. The van der Waals surface area contributed by atoms with Crippen LogP contribution in [0.2, 0.25) is 5.02 Å². The number of hydrogen-bond donors (Lipinski definition) is 1. The number of carbonyl (C=O) groups excluding carboxylic acids is 1. The van der Waals surface area contributed by atoms with Gasteiger partial charge in [-0.05, 0) is 43.2 Å². The number of ether oxygens (including phenoxy) is 2. The molecule has 0 saturated carbocycles. The Morgan fingerprint density at radius 2 is 1.91 bits per heavy atom. The predicted octanol–water partition coefficient (Wildman–Crippen LogP) is 3.93. The highest BCUT2D eigenvalue weighted by Crippen LogP contribution is 2.29. The minimum absolute atomic E-state index is 0.111. The van der Waals surface area contributed by atoms with Gasteiger partial charge in [0.1, 0.15) is 11.5 Å². The SMILES string of the molecule is COc1ccc(CCNC(=O)C[S@](=O)Cc2nc(-c3ccccc3Cl)oc2C)cc1OC. The van der Waals surface area contributed by atoms with E-state index in [0.717, 1.165) is 5.56 Å². The van der Waals surface area contributed by atoms with Gasteiger partial charge in [0, 0.05) is 17.3 Å². The number of carbonyl (C=O) groups is 1. The number of nitrogens with zero attached hydrogens (tertiary/aromatic N) is 1. The van der Waals surface area contributed by atoms with Crippen molar-refractivity contribution in [3.8, 4) is 23.0 Å². The van der Waals surface area contributed by atoms with Crippen LogP contribution in [0.25, 0.3) is 11.5 Å². The van der Waals surface area contributed by atoms with Gasteiger partial charge in [0.25, 0.3) is 0 Å². The second-order valence-electron chi connectivity index (χ2n) is 7.02. The van der Waals surface area contributed by atoms with Gasteiger partial charge in [0.15, 0.2) is 11.5 Å². The van der Waals surface area contributed by atoms with Crippen LogP contribution in [0.1, 0.15) is 17.0 Å². The van der Waals surface area contributed by atoms with Crippen molar-refractivity contribution in [3.63, 3.8) is 0 Å². The number of rotatable bonds is 10. The Hall–Kier alpha value is -2.84. The molecule has 9 heteroatoms. The second kappa shape index (κ2) is 11.2. The highest BCUT2D eigenvalue weighted by molar-refractivity contribution is 7.84. The molecule has 3 rings (SSSR count). The molecule has 170 valence electrons. The summed E-state index contributed by atoms with van der Waals surface area (Å²) in [7, 11) is 1.73. The molecule has 0 aliphatic rings. The zero-order chi connectivity index (χ0) is 23.1. The summed E-state index contributed by atoms with van der Waals surface area (Å²) in [4.78, 5) is 16.6. The summed E-state index contributed by atoms with van der Waals surface area (Å²) >= 11 is 6.19. The van der Waals surface area contributed by atoms with Gasteiger partial charge in [-0.15, -0.1) is 0 Å². The van der Waals surface area contributed by atoms with E-state index >= 15 is 0 Å². The molecule has 0 saturated heterocycles. The van der Waals surface area contributed by atoms with Crippen molar-refractivity contribution in [2.45, 2.75) is 19.1 Å². The van der Waals surface area contributed by atoms with Crippen molar-refractivity contribution in [3.05, 3.63) is 64.5 Å². The van der Waals surface area contributed by atoms with Gasteiger partial charge < -0.3 is 19.2 Å². The molecule has 1 atom stereocenters. The van der Waals surface area contributed by atoms with Crippen molar-refractivity contribution in [1.82, 2.24) is 10.3 Å². The maximum absolute atomic E-state index is 12.5.